The molecule has 17 heavy (non-hydrogen) atoms. The van der Waals surface area contributed by atoms with Gasteiger partial charge >= 0.3 is 59.1 Å². The Kier molecular flexibility index (Phi) is 41.0. The summed E-state index contributed by atoms with van der Waals surface area (Å²) in [4.78, 5) is 0. The quantitative estimate of drug-likeness (QED) is 0.305. The van der Waals surface area contributed by atoms with E-state index in [1.54, 1.807) is 0 Å². The predicted octanol–water partition coefficient (Wildman–Crippen LogP) is -5.96. The molecule has 1 aliphatic heterocycles. The molecule has 0 spiro atoms. The molecule has 0 saturated carbocycles. The van der Waals surface area contributed by atoms with E-state index < -0.39 is 0 Å². The monoisotopic (exact) mass is 273 g/mol. The van der Waals surface area contributed by atoms with Crippen molar-refractivity contribution in [2.24, 2.45) is 0 Å². The first kappa shape index (κ1) is 31.0. The van der Waals surface area contributed by atoms with Gasteiger partial charge in [-0.05, 0) is 26.2 Å². The molecule has 98 valence electrons. The molecule has 2 atom stereocenters. The molecule has 1 heterocycles. The Hall–Kier alpha value is 1.31. The summed E-state index contributed by atoms with van der Waals surface area (Å²) in [5.41, 5.74) is 0. The van der Waals surface area contributed by atoms with Crippen molar-refractivity contribution < 1.29 is 87.5 Å². The van der Waals surface area contributed by atoms with Crippen LogP contribution in [-0.2, 0) is 9.47 Å². The number of nitrogens with one attached hydrogen (secondary N) is 1. The Labute approximate surface area is 150 Å². The normalized spacial score (nSPS) is 20.6. The van der Waals surface area contributed by atoms with Gasteiger partial charge in [0.2, 0.25) is 0 Å². The van der Waals surface area contributed by atoms with E-state index in [-0.39, 0.29) is 85.6 Å². The number of hydrogen-bond acceptors (Lipinski definition) is 5. The summed E-state index contributed by atoms with van der Waals surface area (Å²) in [6.07, 6.45) is 4.45. The third-order valence-electron chi connectivity index (χ3n) is 1.87. The first-order valence-electron chi connectivity index (χ1n) is 4.49. The molecular weight excluding hydrogens is 248 g/mol. The minimum absolute atomic E-state index is 0. The summed E-state index contributed by atoms with van der Waals surface area (Å²) in [5.74, 6) is 0. The molecule has 0 aromatic rings. The molecule has 0 aromatic heterocycles. The Morgan fingerprint density at radius 3 is 2.18 bits per heavy atom. The van der Waals surface area contributed by atoms with Gasteiger partial charge < -0.3 is 25.5 Å². The van der Waals surface area contributed by atoms with Crippen LogP contribution in [0, 0.1) is 5.41 Å². The standard InChI is InChI=1S/C7H13O2.C2H5NO.2Na.2H2O.2H2/c1-6-3-2-4-7(5-8)9-6;1-4-2-3;;;;;;/h6-7H,2-5H2,1H3;2-3H,1H3;;;2*1H2;2*1H/q-1;;2*+1;;;;/p-1/t6-,7?;;;;;;;/m0......./s1. The minimum Gasteiger partial charge on any atom is -0.870 e. The van der Waals surface area contributed by atoms with Crippen molar-refractivity contribution in [3.8, 4) is 0 Å². The summed E-state index contributed by atoms with van der Waals surface area (Å²) in [6.45, 7) is 1.96. The van der Waals surface area contributed by atoms with Crippen molar-refractivity contribution in [3.63, 3.8) is 0 Å². The number of methoxy groups -OCH3 is 1. The molecule has 0 radical (unpaired) electrons. The Balaban J connectivity index is -0.0000000264. The van der Waals surface area contributed by atoms with Crippen LogP contribution in [0.2, 0.25) is 0 Å². The fourth-order valence-corrected chi connectivity index (χ4v) is 1.22. The third-order valence-corrected chi connectivity index (χ3v) is 1.87. The fraction of sp³-hybridized carbons (Fsp3) is 0.889. The summed E-state index contributed by atoms with van der Waals surface area (Å²) in [6, 6.07) is 0. The van der Waals surface area contributed by atoms with Gasteiger partial charge in [0.15, 0.2) is 6.40 Å². The minimum atomic E-state index is -0.0651. The molecule has 0 aliphatic carbocycles. The molecular formula is C9H25NNa2O5. The van der Waals surface area contributed by atoms with Gasteiger partial charge in [0.1, 0.15) is 0 Å². The smallest absolute Gasteiger partial charge is 0.870 e. The summed E-state index contributed by atoms with van der Waals surface area (Å²) < 4.78 is 9.41. The van der Waals surface area contributed by atoms with Gasteiger partial charge in [0.05, 0.1) is 13.2 Å². The molecule has 1 unspecified atom stereocenters. The zero-order valence-electron chi connectivity index (χ0n) is 11.2. The number of rotatable bonds is 2. The average molecular weight is 273 g/mol. The molecule has 1 rings (SSSR count). The van der Waals surface area contributed by atoms with Crippen molar-refractivity contribution in [1.82, 2.24) is 0 Å². The van der Waals surface area contributed by atoms with E-state index >= 15 is 0 Å². The van der Waals surface area contributed by atoms with Crippen molar-refractivity contribution in [2.45, 2.75) is 38.4 Å². The average Bonchev–Trinajstić information content (AvgIpc) is 2.18. The molecule has 8 heteroatoms. The van der Waals surface area contributed by atoms with Crippen LogP contribution in [0.25, 0.3) is 0 Å². The van der Waals surface area contributed by atoms with Crippen molar-refractivity contribution in [2.75, 3.05) is 13.7 Å². The van der Waals surface area contributed by atoms with E-state index in [9.17, 15) is 5.11 Å². The van der Waals surface area contributed by atoms with Crippen LogP contribution >= 0.6 is 0 Å². The maximum atomic E-state index is 10.3. The topological polar surface area (TPSA) is 127 Å². The van der Waals surface area contributed by atoms with Crippen LogP contribution in [0.1, 0.15) is 29.0 Å². The molecule has 6 nitrogen and oxygen atoms in total. The SMILES string of the molecule is COC=N.C[C@H]1CCCC(C[O-])O1.O.[HH].[HH].[Na+].[Na+].[OH-]. The number of hydrogen-bond donors (Lipinski definition) is 1. The van der Waals surface area contributed by atoms with Gasteiger partial charge in [-0.1, -0.05) is 0 Å². The first-order valence-corrected chi connectivity index (χ1v) is 4.49. The first-order chi connectivity index (χ1) is 6.24. The molecule has 0 aromatic carbocycles. The van der Waals surface area contributed by atoms with Crippen LogP contribution in [-0.4, -0.2) is 43.3 Å². The molecule has 0 bridgehead atoms. The molecule has 0 amide bonds. The Morgan fingerprint density at radius 2 is 1.94 bits per heavy atom. The van der Waals surface area contributed by atoms with E-state index in [4.69, 9.17) is 10.1 Å². The van der Waals surface area contributed by atoms with E-state index in [1.165, 1.54) is 7.11 Å². The second kappa shape index (κ2) is 22.5. The predicted molar refractivity (Wildman–Crippen MR) is 58.6 cm³/mol. The maximum absolute atomic E-state index is 10.3. The van der Waals surface area contributed by atoms with Crippen LogP contribution < -0.4 is 64.2 Å². The molecule has 1 fully saturated rings. The second-order valence-electron chi connectivity index (χ2n) is 3.02. The summed E-state index contributed by atoms with van der Waals surface area (Å²) in [5, 5.41) is 16.4. The maximum Gasteiger partial charge on any atom is 1.00 e. The van der Waals surface area contributed by atoms with Gasteiger partial charge in [-0.3, -0.25) is 5.41 Å². The van der Waals surface area contributed by atoms with E-state index in [0.717, 1.165) is 25.7 Å². The van der Waals surface area contributed by atoms with E-state index in [2.05, 4.69) is 4.74 Å². The Morgan fingerprint density at radius 1 is 1.47 bits per heavy atom. The van der Waals surface area contributed by atoms with Crippen LogP contribution in [0.4, 0.5) is 0 Å². The zero-order chi connectivity index (χ0) is 10.1. The van der Waals surface area contributed by atoms with Crippen LogP contribution in [0.3, 0.4) is 0 Å². The van der Waals surface area contributed by atoms with Crippen molar-refractivity contribution in [1.29, 1.82) is 5.41 Å². The third kappa shape index (κ3) is 19.8. The summed E-state index contributed by atoms with van der Waals surface area (Å²) >= 11 is 0. The fourth-order valence-electron chi connectivity index (χ4n) is 1.22. The van der Waals surface area contributed by atoms with Gasteiger partial charge in [0, 0.05) is 8.96 Å². The van der Waals surface area contributed by atoms with E-state index in [0.29, 0.717) is 6.10 Å². The number of ether oxygens (including phenoxy) is 2. The largest absolute Gasteiger partial charge is 1.00 e. The van der Waals surface area contributed by atoms with Gasteiger partial charge in [0.25, 0.3) is 0 Å². The Bertz CT molecular complexity index is 152. The molecule has 4 N–H and O–H groups in total. The second-order valence-corrected chi connectivity index (χ2v) is 3.02. The van der Waals surface area contributed by atoms with Gasteiger partial charge in [-0.2, -0.15) is 0 Å². The van der Waals surface area contributed by atoms with Gasteiger partial charge in [-0.15, -0.1) is 6.61 Å². The summed E-state index contributed by atoms with van der Waals surface area (Å²) in [7, 11) is 1.44. The van der Waals surface area contributed by atoms with Crippen molar-refractivity contribution >= 4 is 6.40 Å². The molecule has 1 saturated heterocycles. The van der Waals surface area contributed by atoms with Crippen molar-refractivity contribution in [3.05, 3.63) is 0 Å². The van der Waals surface area contributed by atoms with Crippen LogP contribution in [0.15, 0.2) is 0 Å². The van der Waals surface area contributed by atoms with Gasteiger partial charge in [-0.25, -0.2) is 0 Å². The van der Waals surface area contributed by atoms with E-state index in [1.807, 2.05) is 6.92 Å². The zero-order valence-corrected chi connectivity index (χ0v) is 15.2. The van der Waals surface area contributed by atoms with Crippen LogP contribution in [0.5, 0.6) is 0 Å². The molecule has 1 aliphatic rings.